The SMILES string of the molecule is Cc1nccn1CC(O)[C@H]1CC[C@H]2[C@@H]3CC[C@H]4C[C@](C)(O)CC[C@]4(C)[C@H]3CCC12C. The van der Waals surface area contributed by atoms with Crippen molar-refractivity contribution in [3.8, 4) is 0 Å². The van der Waals surface area contributed by atoms with Crippen molar-refractivity contribution in [2.24, 2.45) is 40.4 Å². The van der Waals surface area contributed by atoms with Crippen LogP contribution in [0.15, 0.2) is 12.4 Å². The van der Waals surface area contributed by atoms with Crippen LogP contribution in [0.4, 0.5) is 0 Å². The van der Waals surface area contributed by atoms with Crippen molar-refractivity contribution in [1.29, 1.82) is 0 Å². The first-order chi connectivity index (χ1) is 14.1. The normalized spacial score (nSPS) is 49.2. The van der Waals surface area contributed by atoms with E-state index in [1.54, 1.807) is 0 Å². The summed E-state index contributed by atoms with van der Waals surface area (Å²) in [6.07, 6.45) is 14.4. The quantitative estimate of drug-likeness (QED) is 0.735. The Labute approximate surface area is 182 Å². The Balaban J connectivity index is 1.35. The number of aliphatic hydroxyl groups excluding tert-OH is 1. The molecular weight excluding hydrogens is 372 g/mol. The van der Waals surface area contributed by atoms with Gasteiger partial charge in [-0.3, -0.25) is 0 Å². The summed E-state index contributed by atoms with van der Waals surface area (Å²) in [5, 5.41) is 22.0. The molecular formula is C26H42N2O2. The molecule has 4 heteroatoms. The number of aliphatic hydroxyl groups is 2. The monoisotopic (exact) mass is 414 g/mol. The molecule has 2 N–H and O–H groups in total. The standard InChI is InChI=1S/C26H42N2O2/c1-17-27-13-14-28(17)16-23(29)22-8-7-20-19-6-5-18-15-24(2,30)11-12-25(18,3)21(19)9-10-26(20,22)4/h13-14,18-23,29-30H,5-12,15-16H2,1-4H3/t18-,19-,20-,21-,22+,23?,24+,25-,26?/m0/s1. The molecule has 30 heavy (non-hydrogen) atoms. The smallest absolute Gasteiger partial charge is 0.105 e. The number of rotatable bonds is 3. The molecule has 5 rings (SSSR count). The van der Waals surface area contributed by atoms with Crippen LogP contribution in [0.3, 0.4) is 0 Å². The van der Waals surface area contributed by atoms with Gasteiger partial charge in [0.05, 0.1) is 18.2 Å². The lowest BCUT2D eigenvalue weighted by Crippen LogP contribution is -2.56. The maximum Gasteiger partial charge on any atom is 0.105 e. The van der Waals surface area contributed by atoms with E-state index in [4.69, 9.17) is 0 Å². The van der Waals surface area contributed by atoms with Gasteiger partial charge in [-0.2, -0.15) is 0 Å². The number of aromatic nitrogens is 2. The van der Waals surface area contributed by atoms with Crippen molar-refractivity contribution in [2.75, 3.05) is 0 Å². The van der Waals surface area contributed by atoms with Crippen LogP contribution in [-0.2, 0) is 6.54 Å². The highest BCUT2D eigenvalue weighted by Gasteiger charge is 2.61. The van der Waals surface area contributed by atoms with Crippen LogP contribution < -0.4 is 0 Å². The lowest BCUT2D eigenvalue weighted by Gasteiger charge is -2.62. The predicted molar refractivity (Wildman–Crippen MR) is 119 cm³/mol. The fourth-order valence-electron chi connectivity index (χ4n) is 9.03. The molecule has 0 saturated heterocycles. The second-order valence-electron chi connectivity index (χ2n) is 12.3. The van der Waals surface area contributed by atoms with Gasteiger partial charge in [-0.05, 0) is 112 Å². The fourth-order valence-corrected chi connectivity index (χ4v) is 9.03. The van der Waals surface area contributed by atoms with Gasteiger partial charge in [-0.25, -0.2) is 4.98 Å². The molecule has 0 amide bonds. The van der Waals surface area contributed by atoms with Gasteiger partial charge in [-0.15, -0.1) is 0 Å². The molecule has 0 bridgehead atoms. The zero-order valence-corrected chi connectivity index (χ0v) is 19.5. The van der Waals surface area contributed by atoms with Gasteiger partial charge in [0.15, 0.2) is 0 Å². The van der Waals surface area contributed by atoms with Gasteiger partial charge in [0.1, 0.15) is 5.82 Å². The fraction of sp³-hybridized carbons (Fsp3) is 0.885. The highest BCUT2D eigenvalue weighted by molar-refractivity contribution is 5.11. The lowest BCUT2D eigenvalue weighted by molar-refractivity contribution is -0.150. The molecule has 0 aliphatic heterocycles. The highest BCUT2D eigenvalue weighted by Crippen LogP contribution is 2.68. The first kappa shape index (κ1) is 21.0. The Hall–Kier alpha value is -0.870. The molecule has 1 heterocycles. The van der Waals surface area contributed by atoms with E-state index in [0.717, 1.165) is 36.4 Å². The maximum atomic E-state index is 11.3. The molecule has 0 radical (unpaired) electrons. The van der Waals surface area contributed by atoms with Gasteiger partial charge >= 0.3 is 0 Å². The number of nitrogens with zero attached hydrogens (tertiary/aromatic N) is 2. The molecule has 168 valence electrons. The Morgan fingerprint density at radius 2 is 1.80 bits per heavy atom. The molecule has 1 aromatic rings. The predicted octanol–water partition coefficient (Wildman–Crippen LogP) is 4.96. The third-order valence-electron chi connectivity index (χ3n) is 10.8. The summed E-state index contributed by atoms with van der Waals surface area (Å²) in [6, 6.07) is 0. The molecule has 4 fully saturated rings. The van der Waals surface area contributed by atoms with E-state index in [0.29, 0.717) is 23.8 Å². The minimum absolute atomic E-state index is 0.276. The molecule has 0 spiro atoms. The molecule has 9 atom stereocenters. The van der Waals surface area contributed by atoms with E-state index in [9.17, 15) is 10.2 Å². The Morgan fingerprint density at radius 3 is 2.53 bits per heavy atom. The number of imidazole rings is 1. The number of fused-ring (bicyclic) bond motifs is 5. The van der Waals surface area contributed by atoms with Crippen molar-refractivity contribution in [1.82, 2.24) is 9.55 Å². The molecule has 4 saturated carbocycles. The number of hydrogen-bond donors (Lipinski definition) is 2. The number of aryl methyl sites for hydroxylation is 1. The Bertz CT molecular complexity index is 788. The van der Waals surface area contributed by atoms with E-state index >= 15 is 0 Å². The van der Waals surface area contributed by atoms with Gasteiger partial charge in [-0.1, -0.05) is 13.8 Å². The second kappa shape index (κ2) is 7.07. The van der Waals surface area contributed by atoms with E-state index in [1.807, 2.05) is 19.3 Å². The topological polar surface area (TPSA) is 58.3 Å². The van der Waals surface area contributed by atoms with Crippen LogP contribution in [0.1, 0.15) is 84.4 Å². The second-order valence-corrected chi connectivity index (χ2v) is 12.3. The van der Waals surface area contributed by atoms with Crippen molar-refractivity contribution < 1.29 is 10.2 Å². The average molecular weight is 415 g/mol. The van der Waals surface area contributed by atoms with Crippen LogP contribution in [-0.4, -0.2) is 31.5 Å². The number of hydrogen-bond acceptors (Lipinski definition) is 3. The van der Waals surface area contributed by atoms with Crippen LogP contribution in [0.5, 0.6) is 0 Å². The first-order valence-corrected chi connectivity index (χ1v) is 12.5. The largest absolute Gasteiger partial charge is 0.391 e. The van der Waals surface area contributed by atoms with Crippen LogP contribution in [0.2, 0.25) is 0 Å². The van der Waals surface area contributed by atoms with Crippen LogP contribution in [0, 0.1) is 47.3 Å². The van der Waals surface area contributed by atoms with Gasteiger partial charge < -0.3 is 14.8 Å². The van der Waals surface area contributed by atoms with Gasteiger partial charge in [0.2, 0.25) is 0 Å². The Kier molecular flexibility index (Phi) is 4.95. The molecule has 2 unspecified atom stereocenters. The molecule has 1 aromatic heterocycles. The van der Waals surface area contributed by atoms with Crippen molar-refractivity contribution in [2.45, 2.75) is 104 Å². The third-order valence-corrected chi connectivity index (χ3v) is 10.8. The Morgan fingerprint density at radius 1 is 1.03 bits per heavy atom. The van der Waals surface area contributed by atoms with Gasteiger partial charge in [0.25, 0.3) is 0 Å². The first-order valence-electron chi connectivity index (χ1n) is 12.5. The summed E-state index contributed by atoms with van der Waals surface area (Å²) in [6.45, 7) is 9.84. The summed E-state index contributed by atoms with van der Waals surface area (Å²) in [5.41, 5.74) is 0.240. The average Bonchev–Trinajstić information content (AvgIpc) is 3.24. The van der Waals surface area contributed by atoms with Gasteiger partial charge in [0, 0.05) is 12.4 Å². The van der Waals surface area contributed by atoms with E-state index in [2.05, 4.69) is 30.3 Å². The lowest BCUT2D eigenvalue weighted by atomic mass is 9.44. The molecule has 4 aliphatic rings. The van der Waals surface area contributed by atoms with E-state index < -0.39 is 5.60 Å². The van der Waals surface area contributed by atoms with Crippen molar-refractivity contribution in [3.05, 3.63) is 18.2 Å². The van der Waals surface area contributed by atoms with E-state index in [1.165, 1.54) is 44.9 Å². The summed E-state index contributed by atoms with van der Waals surface area (Å²) in [5.74, 6) is 4.50. The van der Waals surface area contributed by atoms with Crippen LogP contribution in [0.25, 0.3) is 0 Å². The summed E-state index contributed by atoms with van der Waals surface area (Å²) in [7, 11) is 0. The zero-order chi connectivity index (χ0) is 21.3. The molecule has 4 aliphatic carbocycles. The third kappa shape index (κ3) is 3.11. The van der Waals surface area contributed by atoms with E-state index in [-0.39, 0.29) is 11.5 Å². The molecule has 4 nitrogen and oxygen atoms in total. The molecule has 0 aromatic carbocycles. The van der Waals surface area contributed by atoms with Crippen molar-refractivity contribution in [3.63, 3.8) is 0 Å². The zero-order valence-electron chi connectivity index (χ0n) is 19.5. The summed E-state index contributed by atoms with van der Waals surface area (Å²) < 4.78 is 2.12. The van der Waals surface area contributed by atoms with Crippen molar-refractivity contribution >= 4 is 0 Å². The van der Waals surface area contributed by atoms with Crippen LogP contribution >= 0.6 is 0 Å². The highest BCUT2D eigenvalue weighted by atomic mass is 16.3. The summed E-state index contributed by atoms with van der Waals surface area (Å²) >= 11 is 0. The maximum absolute atomic E-state index is 11.3. The minimum atomic E-state index is -0.450. The minimum Gasteiger partial charge on any atom is -0.391 e. The summed E-state index contributed by atoms with van der Waals surface area (Å²) in [4.78, 5) is 4.34.